The van der Waals surface area contributed by atoms with Crippen molar-refractivity contribution in [3.8, 4) is 0 Å². The average molecular weight is 236 g/mol. The number of nitrogens with zero attached hydrogens (tertiary/aromatic N) is 4. The Kier molecular flexibility index (Phi) is 3.04. The molecule has 6 heteroatoms. The summed E-state index contributed by atoms with van der Waals surface area (Å²) in [5.41, 5.74) is 6.11. The molecule has 0 bridgehead atoms. The Balaban J connectivity index is 2.05. The second-order valence-corrected chi connectivity index (χ2v) is 4.92. The van der Waals surface area contributed by atoms with Gasteiger partial charge in [-0.1, -0.05) is 6.92 Å². The van der Waals surface area contributed by atoms with Crippen LogP contribution in [0.5, 0.6) is 0 Å². The third kappa shape index (κ3) is 2.75. The predicted molar refractivity (Wildman–Crippen MR) is 69.0 cm³/mol. The van der Waals surface area contributed by atoms with Crippen LogP contribution < -0.4 is 16.0 Å². The summed E-state index contributed by atoms with van der Waals surface area (Å²) in [5.74, 6) is 1.41. The van der Waals surface area contributed by atoms with E-state index in [4.69, 9.17) is 5.73 Å². The Morgan fingerprint density at radius 1 is 1.29 bits per heavy atom. The molecule has 1 aliphatic rings. The highest BCUT2D eigenvalue weighted by atomic mass is 15.3. The van der Waals surface area contributed by atoms with Crippen LogP contribution in [-0.2, 0) is 0 Å². The molecule has 17 heavy (non-hydrogen) atoms. The number of nitrogen functional groups attached to an aromatic ring is 1. The van der Waals surface area contributed by atoms with E-state index in [0.717, 1.165) is 6.54 Å². The van der Waals surface area contributed by atoms with Gasteiger partial charge in [0.25, 0.3) is 0 Å². The zero-order chi connectivity index (χ0) is 12.5. The second kappa shape index (κ2) is 4.35. The highest BCUT2D eigenvalue weighted by Crippen LogP contribution is 2.48. The maximum Gasteiger partial charge on any atom is 0.231 e. The quantitative estimate of drug-likeness (QED) is 0.797. The molecular weight excluding hydrogens is 216 g/mol. The molecule has 0 aliphatic heterocycles. The SMILES string of the molecule is CCC1(CNc2nc(N)nc(N(C)C)n2)CC1. The summed E-state index contributed by atoms with van der Waals surface area (Å²) < 4.78 is 0. The molecule has 0 atom stereocenters. The first-order chi connectivity index (χ1) is 8.04. The van der Waals surface area contributed by atoms with Crippen LogP contribution in [0.25, 0.3) is 0 Å². The fourth-order valence-electron chi connectivity index (χ4n) is 1.76. The minimum atomic E-state index is 0.257. The summed E-state index contributed by atoms with van der Waals surface area (Å²) in [6.45, 7) is 3.14. The van der Waals surface area contributed by atoms with Crippen molar-refractivity contribution in [3.63, 3.8) is 0 Å². The van der Waals surface area contributed by atoms with Crippen LogP contribution >= 0.6 is 0 Å². The first-order valence-corrected chi connectivity index (χ1v) is 5.97. The lowest BCUT2D eigenvalue weighted by Crippen LogP contribution is -2.19. The Hall–Kier alpha value is -1.59. The number of aromatic nitrogens is 3. The van der Waals surface area contributed by atoms with Gasteiger partial charge in [-0.2, -0.15) is 15.0 Å². The van der Waals surface area contributed by atoms with Gasteiger partial charge in [0.05, 0.1) is 0 Å². The average Bonchev–Trinajstić information content (AvgIpc) is 3.06. The molecule has 2 rings (SSSR count). The summed E-state index contributed by atoms with van der Waals surface area (Å²) in [6, 6.07) is 0. The van der Waals surface area contributed by atoms with Crippen LogP contribution in [0.2, 0.25) is 0 Å². The highest BCUT2D eigenvalue weighted by Gasteiger charge is 2.40. The molecule has 1 aromatic rings. The molecule has 1 saturated carbocycles. The molecule has 1 heterocycles. The zero-order valence-electron chi connectivity index (χ0n) is 10.7. The van der Waals surface area contributed by atoms with Crippen LogP contribution in [-0.4, -0.2) is 35.6 Å². The van der Waals surface area contributed by atoms with Crippen molar-refractivity contribution in [2.45, 2.75) is 26.2 Å². The molecule has 94 valence electrons. The third-order valence-electron chi connectivity index (χ3n) is 3.37. The first-order valence-electron chi connectivity index (χ1n) is 5.97. The lowest BCUT2D eigenvalue weighted by atomic mass is 10.0. The molecule has 0 radical (unpaired) electrons. The van der Waals surface area contributed by atoms with Crippen molar-refractivity contribution in [2.75, 3.05) is 36.6 Å². The lowest BCUT2D eigenvalue weighted by molar-refractivity contribution is 0.519. The van der Waals surface area contributed by atoms with Gasteiger partial charge in [-0.15, -0.1) is 0 Å². The summed E-state index contributed by atoms with van der Waals surface area (Å²) in [7, 11) is 3.76. The highest BCUT2D eigenvalue weighted by molar-refractivity contribution is 5.41. The Bertz CT molecular complexity index is 399. The van der Waals surface area contributed by atoms with Gasteiger partial charge >= 0.3 is 0 Å². The maximum absolute atomic E-state index is 5.66. The van der Waals surface area contributed by atoms with Crippen LogP contribution in [0.4, 0.5) is 17.8 Å². The Morgan fingerprint density at radius 3 is 2.53 bits per heavy atom. The second-order valence-electron chi connectivity index (χ2n) is 4.92. The normalized spacial score (nSPS) is 16.6. The Labute approximate surface area is 102 Å². The molecule has 0 saturated heterocycles. The standard InChI is InChI=1S/C11H20N6/c1-4-11(5-6-11)7-13-9-14-8(12)15-10(16-9)17(2)3/h4-7H2,1-3H3,(H3,12,13,14,15,16). The van der Waals surface area contributed by atoms with Crippen molar-refractivity contribution in [3.05, 3.63) is 0 Å². The van der Waals surface area contributed by atoms with Crippen molar-refractivity contribution in [2.24, 2.45) is 5.41 Å². The number of nitrogens with two attached hydrogens (primary N) is 1. The predicted octanol–water partition coefficient (Wildman–Crippen LogP) is 1.12. The van der Waals surface area contributed by atoms with E-state index in [1.807, 2.05) is 19.0 Å². The van der Waals surface area contributed by atoms with Gasteiger partial charge in [-0.3, -0.25) is 0 Å². The van der Waals surface area contributed by atoms with Crippen LogP contribution in [0.15, 0.2) is 0 Å². The molecule has 0 spiro atoms. The molecule has 0 unspecified atom stereocenters. The fraction of sp³-hybridized carbons (Fsp3) is 0.727. The van der Waals surface area contributed by atoms with Gasteiger partial charge in [-0.05, 0) is 24.7 Å². The topological polar surface area (TPSA) is 80.0 Å². The third-order valence-corrected chi connectivity index (χ3v) is 3.37. The first kappa shape index (κ1) is 11.9. The van der Waals surface area contributed by atoms with E-state index < -0.39 is 0 Å². The number of hydrogen-bond donors (Lipinski definition) is 2. The largest absolute Gasteiger partial charge is 0.368 e. The van der Waals surface area contributed by atoms with Crippen molar-refractivity contribution in [1.29, 1.82) is 0 Å². The summed E-state index contributed by atoms with van der Waals surface area (Å²) in [6.07, 6.45) is 3.77. The minimum Gasteiger partial charge on any atom is -0.368 e. The zero-order valence-corrected chi connectivity index (χ0v) is 10.7. The van der Waals surface area contributed by atoms with E-state index in [0.29, 0.717) is 17.3 Å². The molecular formula is C11H20N6. The maximum atomic E-state index is 5.66. The Morgan fingerprint density at radius 2 is 2.00 bits per heavy atom. The van der Waals surface area contributed by atoms with Gasteiger partial charge in [0, 0.05) is 20.6 Å². The van der Waals surface area contributed by atoms with Crippen LogP contribution in [0.3, 0.4) is 0 Å². The molecule has 1 aliphatic carbocycles. The monoisotopic (exact) mass is 236 g/mol. The van der Waals surface area contributed by atoms with Crippen molar-refractivity contribution in [1.82, 2.24) is 15.0 Å². The summed E-state index contributed by atoms with van der Waals surface area (Å²) in [4.78, 5) is 14.3. The lowest BCUT2D eigenvalue weighted by Gasteiger charge is -2.15. The van der Waals surface area contributed by atoms with Crippen molar-refractivity contribution >= 4 is 17.8 Å². The van der Waals surface area contributed by atoms with Crippen LogP contribution in [0.1, 0.15) is 26.2 Å². The number of nitrogens with one attached hydrogen (secondary N) is 1. The van der Waals surface area contributed by atoms with Gasteiger partial charge in [0.1, 0.15) is 0 Å². The van der Waals surface area contributed by atoms with Gasteiger partial charge in [0.15, 0.2) is 0 Å². The summed E-state index contributed by atoms with van der Waals surface area (Å²) >= 11 is 0. The minimum absolute atomic E-state index is 0.257. The smallest absolute Gasteiger partial charge is 0.231 e. The summed E-state index contributed by atoms with van der Waals surface area (Å²) in [5, 5.41) is 3.27. The molecule has 3 N–H and O–H groups in total. The molecule has 0 aromatic carbocycles. The van der Waals surface area contributed by atoms with Crippen LogP contribution in [0, 0.1) is 5.41 Å². The van der Waals surface area contributed by atoms with Gasteiger partial charge in [0.2, 0.25) is 17.8 Å². The van der Waals surface area contributed by atoms with Gasteiger partial charge < -0.3 is 16.0 Å². The number of rotatable bonds is 5. The fourth-order valence-corrected chi connectivity index (χ4v) is 1.76. The van der Waals surface area contributed by atoms with Gasteiger partial charge in [-0.25, -0.2) is 0 Å². The van der Waals surface area contributed by atoms with Crippen molar-refractivity contribution < 1.29 is 0 Å². The molecule has 1 fully saturated rings. The molecule has 1 aromatic heterocycles. The number of hydrogen-bond acceptors (Lipinski definition) is 6. The molecule has 6 nitrogen and oxygen atoms in total. The van der Waals surface area contributed by atoms with E-state index in [2.05, 4.69) is 27.2 Å². The van der Waals surface area contributed by atoms with E-state index in [9.17, 15) is 0 Å². The van der Waals surface area contributed by atoms with E-state index in [1.165, 1.54) is 19.3 Å². The van der Waals surface area contributed by atoms with E-state index in [-0.39, 0.29) is 5.95 Å². The molecule has 0 amide bonds. The van der Waals surface area contributed by atoms with E-state index in [1.54, 1.807) is 0 Å². The van der Waals surface area contributed by atoms with E-state index >= 15 is 0 Å². The number of anilines is 3.